The van der Waals surface area contributed by atoms with Crippen LogP contribution in [0.1, 0.15) is 64.6 Å². The zero-order valence-corrected chi connectivity index (χ0v) is 15.7. The van der Waals surface area contributed by atoms with Crippen LogP contribution in [0.2, 0.25) is 0 Å². The zero-order valence-electron chi connectivity index (χ0n) is 15.7. The molecule has 0 fully saturated rings. The van der Waals surface area contributed by atoms with Crippen molar-refractivity contribution >= 4 is 23.9 Å². The van der Waals surface area contributed by atoms with Crippen molar-refractivity contribution in [3.63, 3.8) is 0 Å². The molecule has 2 aromatic rings. The van der Waals surface area contributed by atoms with Crippen LogP contribution < -0.4 is 0 Å². The van der Waals surface area contributed by atoms with Gasteiger partial charge in [-0.25, -0.2) is 4.79 Å². The van der Waals surface area contributed by atoms with Crippen molar-refractivity contribution in [3.05, 3.63) is 70.3 Å². The molecule has 0 aromatic heterocycles. The predicted molar refractivity (Wildman–Crippen MR) is 104 cm³/mol. The zero-order chi connectivity index (χ0) is 18.9. The van der Waals surface area contributed by atoms with Crippen LogP contribution in [0.4, 0.5) is 0 Å². The first-order valence-corrected chi connectivity index (χ1v) is 8.87. The molecule has 0 radical (unpaired) electrons. The number of carbonyl (C=O) groups excluding carboxylic acids is 2. The molecule has 3 heteroatoms. The van der Waals surface area contributed by atoms with Crippen LogP contribution in [0.3, 0.4) is 0 Å². The second-order valence-electron chi connectivity index (χ2n) is 7.61. The lowest BCUT2D eigenvalue weighted by molar-refractivity contribution is 0.0600. The molecule has 1 aliphatic carbocycles. The molecule has 2 aromatic carbocycles. The maximum Gasteiger partial charge on any atom is 0.337 e. The Kier molecular flexibility index (Phi) is 4.82. The van der Waals surface area contributed by atoms with Crippen molar-refractivity contribution in [1.29, 1.82) is 0 Å². The van der Waals surface area contributed by atoms with Crippen molar-refractivity contribution in [2.24, 2.45) is 5.92 Å². The fourth-order valence-corrected chi connectivity index (χ4v) is 3.73. The van der Waals surface area contributed by atoms with E-state index in [9.17, 15) is 9.59 Å². The molecule has 0 bridgehead atoms. The minimum atomic E-state index is -0.342. The molecule has 0 saturated carbocycles. The number of hydrogen-bond donors (Lipinski definition) is 0. The van der Waals surface area contributed by atoms with Gasteiger partial charge in [0.15, 0.2) is 5.78 Å². The van der Waals surface area contributed by atoms with Gasteiger partial charge in [-0.3, -0.25) is 4.79 Å². The standard InChI is InChI=1S/C23H24O3/c1-15-14-23(2,3)20-12-9-17(13-19(20)21(15)24)6-5-16-7-10-18(11-8-16)22(25)26-4/h5-13,15H,14H2,1-4H3/b6-5+. The molecule has 1 atom stereocenters. The summed E-state index contributed by atoms with van der Waals surface area (Å²) in [5.74, 6) is -0.0509. The highest BCUT2D eigenvalue weighted by molar-refractivity contribution is 6.01. The van der Waals surface area contributed by atoms with Crippen LogP contribution in [0, 0.1) is 5.92 Å². The van der Waals surface area contributed by atoms with Gasteiger partial charge in [0.25, 0.3) is 0 Å². The monoisotopic (exact) mass is 348 g/mol. The summed E-state index contributed by atoms with van der Waals surface area (Å²) in [5, 5.41) is 0. The molecule has 26 heavy (non-hydrogen) atoms. The molecular weight excluding hydrogens is 324 g/mol. The second-order valence-corrected chi connectivity index (χ2v) is 7.61. The van der Waals surface area contributed by atoms with Crippen LogP contribution in [0.15, 0.2) is 42.5 Å². The number of hydrogen-bond acceptors (Lipinski definition) is 3. The number of esters is 1. The minimum Gasteiger partial charge on any atom is -0.465 e. The first-order valence-electron chi connectivity index (χ1n) is 8.87. The Balaban J connectivity index is 1.86. The molecule has 134 valence electrons. The summed E-state index contributed by atoms with van der Waals surface area (Å²) in [5.41, 5.74) is 4.51. The van der Waals surface area contributed by atoms with Crippen molar-refractivity contribution in [2.45, 2.75) is 32.6 Å². The maximum absolute atomic E-state index is 12.6. The molecule has 3 nitrogen and oxygen atoms in total. The van der Waals surface area contributed by atoms with E-state index >= 15 is 0 Å². The maximum atomic E-state index is 12.6. The van der Waals surface area contributed by atoms with E-state index in [1.54, 1.807) is 12.1 Å². The van der Waals surface area contributed by atoms with Crippen LogP contribution >= 0.6 is 0 Å². The first-order chi connectivity index (χ1) is 12.3. The van der Waals surface area contributed by atoms with Crippen LogP contribution in [0.5, 0.6) is 0 Å². The average molecular weight is 348 g/mol. The van der Waals surface area contributed by atoms with Crippen molar-refractivity contribution in [3.8, 4) is 0 Å². The van der Waals surface area contributed by atoms with Crippen molar-refractivity contribution in [2.75, 3.05) is 7.11 Å². The first kappa shape index (κ1) is 18.1. The van der Waals surface area contributed by atoms with Crippen LogP contribution in [-0.4, -0.2) is 18.9 Å². The van der Waals surface area contributed by atoms with Crippen molar-refractivity contribution < 1.29 is 14.3 Å². The number of methoxy groups -OCH3 is 1. The van der Waals surface area contributed by atoms with Crippen molar-refractivity contribution in [1.82, 2.24) is 0 Å². The largest absolute Gasteiger partial charge is 0.465 e. The Morgan fingerprint density at radius 3 is 2.35 bits per heavy atom. The second kappa shape index (κ2) is 6.91. The average Bonchev–Trinajstić information content (AvgIpc) is 2.64. The van der Waals surface area contributed by atoms with E-state index in [-0.39, 0.29) is 23.1 Å². The topological polar surface area (TPSA) is 43.4 Å². The molecule has 1 unspecified atom stereocenters. The van der Waals surface area contributed by atoms with E-state index in [0.29, 0.717) is 5.56 Å². The molecule has 0 amide bonds. The molecule has 0 N–H and O–H groups in total. The third-order valence-electron chi connectivity index (χ3n) is 5.10. The molecule has 1 aliphatic rings. The van der Waals surface area contributed by atoms with Gasteiger partial charge in [-0.2, -0.15) is 0 Å². The molecule has 0 saturated heterocycles. The number of rotatable bonds is 3. The highest BCUT2D eigenvalue weighted by Crippen LogP contribution is 2.39. The fourth-order valence-electron chi connectivity index (χ4n) is 3.73. The van der Waals surface area contributed by atoms with E-state index in [1.807, 2.05) is 37.3 Å². The number of carbonyl (C=O) groups is 2. The summed E-state index contributed by atoms with van der Waals surface area (Å²) in [4.78, 5) is 24.1. The molecule has 0 spiro atoms. The Labute approximate surface area is 154 Å². The van der Waals surface area contributed by atoms with Gasteiger partial charge in [0.2, 0.25) is 0 Å². The minimum absolute atomic E-state index is 0.0224. The SMILES string of the molecule is COC(=O)c1ccc(/C=C/c2ccc3c(c2)C(=O)C(C)CC3(C)C)cc1. The van der Waals surface area contributed by atoms with Gasteiger partial charge in [-0.05, 0) is 46.7 Å². The van der Waals surface area contributed by atoms with Gasteiger partial charge in [0.05, 0.1) is 12.7 Å². The quantitative estimate of drug-likeness (QED) is 0.569. The Bertz CT molecular complexity index is 873. The lowest BCUT2D eigenvalue weighted by Gasteiger charge is -2.35. The fraction of sp³-hybridized carbons (Fsp3) is 0.304. The molecule has 3 rings (SSSR count). The number of ketones is 1. The molecule has 0 heterocycles. The van der Waals surface area contributed by atoms with Gasteiger partial charge >= 0.3 is 5.97 Å². The highest BCUT2D eigenvalue weighted by atomic mass is 16.5. The van der Waals surface area contributed by atoms with Gasteiger partial charge in [-0.15, -0.1) is 0 Å². The highest BCUT2D eigenvalue weighted by Gasteiger charge is 2.35. The Morgan fingerprint density at radius 1 is 1.08 bits per heavy atom. The molecular formula is C23H24O3. The normalized spacial score (nSPS) is 18.6. The van der Waals surface area contributed by atoms with Gasteiger partial charge in [-0.1, -0.05) is 57.2 Å². The van der Waals surface area contributed by atoms with Gasteiger partial charge in [0, 0.05) is 11.5 Å². The predicted octanol–water partition coefficient (Wildman–Crippen LogP) is 5.14. The molecule has 0 aliphatic heterocycles. The summed E-state index contributed by atoms with van der Waals surface area (Å²) in [6.07, 6.45) is 4.86. The van der Waals surface area contributed by atoms with E-state index in [2.05, 4.69) is 26.0 Å². The van der Waals surface area contributed by atoms with E-state index in [1.165, 1.54) is 7.11 Å². The summed E-state index contributed by atoms with van der Waals surface area (Å²) in [6, 6.07) is 13.4. The number of benzene rings is 2. The lowest BCUT2D eigenvalue weighted by atomic mass is 9.68. The van der Waals surface area contributed by atoms with E-state index in [0.717, 1.165) is 28.7 Å². The van der Waals surface area contributed by atoms with Crippen LogP contribution in [0.25, 0.3) is 12.2 Å². The van der Waals surface area contributed by atoms with Gasteiger partial charge in [0.1, 0.15) is 0 Å². The summed E-state index contributed by atoms with van der Waals surface area (Å²) in [7, 11) is 1.37. The summed E-state index contributed by atoms with van der Waals surface area (Å²) >= 11 is 0. The summed E-state index contributed by atoms with van der Waals surface area (Å²) in [6.45, 7) is 6.42. The van der Waals surface area contributed by atoms with E-state index in [4.69, 9.17) is 4.74 Å². The Hall–Kier alpha value is -2.68. The summed E-state index contributed by atoms with van der Waals surface area (Å²) < 4.78 is 4.70. The number of ether oxygens (including phenoxy) is 1. The van der Waals surface area contributed by atoms with Crippen LogP contribution in [-0.2, 0) is 10.2 Å². The smallest absolute Gasteiger partial charge is 0.337 e. The number of fused-ring (bicyclic) bond motifs is 1. The Morgan fingerprint density at radius 2 is 1.69 bits per heavy atom. The third-order valence-corrected chi connectivity index (χ3v) is 5.10. The number of Topliss-reactive ketones (excluding diaryl/α,β-unsaturated/α-hetero) is 1. The van der Waals surface area contributed by atoms with E-state index < -0.39 is 0 Å². The lowest BCUT2D eigenvalue weighted by Crippen LogP contribution is -2.33. The third kappa shape index (κ3) is 3.48. The van der Waals surface area contributed by atoms with Gasteiger partial charge < -0.3 is 4.74 Å².